The van der Waals surface area contributed by atoms with Crippen LogP contribution < -0.4 is 14.4 Å². The Morgan fingerprint density at radius 3 is 2.15 bits per heavy atom. The third-order valence-corrected chi connectivity index (χ3v) is 6.77. The molecule has 0 saturated carbocycles. The van der Waals surface area contributed by atoms with Crippen molar-refractivity contribution in [2.24, 2.45) is 0 Å². The third-order valence-electron chi connectivity index (χ3n) is 4.98. The number of carbonyl (C=O) groups excluding carboxylic acids is 1. The molecule has 0 unspecified atom stereocenters. The van der Waals surface area contributed by atoms with Gasteiger partial charge in [0.25, 0.3) is 10.0 Å². The minimum absolute atomic E-state index is 0.0462. The lowest BCUT2D eigenvalue weighted by Gasteiger charge is -2.24. The molecule has 3 rings (SSSR count). The zero-order chi connectivity index (χ0) is 24.0. The first kappa shape index (κ1) is 24.3. The van der Waals surface area contributed by atoms with Gasteiger partial charge in [-0.25, -0.2) is 8.42 Å². The molecule has 174 valence electrons. The lowest BCUT2D eigenvalue weighted by atomic mass is 10.2. The molecule has 3 aromatic rings. The Morgan fingerprint density at radius 1 is 0.939 bits per heavy atom. The molecule has 1 amide bonds. The van der Waals surface area contributed by atoms with E-state index in [1.54, 1.807) is 36.4 Å². The number of sulfonamides is 1. The Labute approximate surface area is 196 Å². The number of anilines is 1. The number of hydrogen-bond acceptors (Lipinski definition) is 4. The predicted molar refractivity (Wildman–Crippen MR) is 131 cm³/mol. The Balaban J connectivity index is 1.79. The van der Waals surface area contributed by atoms with Gasteiger partial charge in [-0.2, -0.15) is 0 Å². The second-order valence-corrected chi connectivity index (χ2v) is 10.1. The lowest BCUT2D eigenvalue weighted by Crippen LogP contribution is -2.40. The van der Waals surface area contributed by atoms with Gasteiger partial charge in [0.2, 0.25) is 5.91 Å². The number of rotatable bonds is 9. The predicted octanol–water partition coefficient (Wildman–Crippen LogP) is 4.60. The molecule has 0 spiro atoms. The van der Waals surface area contributed by atoms with Crippen LogP contribution in [0.2, 0.25) is 0 Å². The molecule has 6 nitrogen and oxygen atoms in total. The molecule has 0 atom stereocenters. The van der Waals surface area contributed by atoms with Crippen molar-refractivity contribution in [1.29, 1.82) is 0 Å². The summed E-state index contributed by atoms with van der Waals surface area (Å²) in [6.45, 7) is 7.64. The van der Waals surface area contributed by atoms with E-state index < -0.39 is 15.9 Å². The Kier molecular flexibility index (Phi) is 7.76. The van der Waals surface area contributed by atoms with E-state index in [-0.39, 0.29) is 24.1 Å². The van der Waals surface area contributed by atoms with Crippen molar-refractivity contribution >= 4 is 21.6 Å². The van der Waals surface area contributed by atoms with Crippen molar-refractivity contribution < 1.29 is 17.9 Å². The monoisotopic (exact) mass is 466 g/mol. The van der Waals surface area contributed by atoms with Crippen molar-refractivity contribution in [3.63, 3.8) is 0 Å². The van der Waals surface area contributed by atoms with E-state index in [0.29, 0.717) is 5.69 Å². The summed E-state index contributed by atoms with van der Waals surface area (Å²) in [4.78, 5) is 13.0. The Morgan fingerprint density at radius 2 is 1.55 bits per heavy atom. The third kappa shape index (κ3) is 6.58. The van der Waals surface area contributed by atoms with E-state index in [1.807, 2.05) is 64.1 Å². The number of nitrogens with zero attached hydrogens (tertiary/aromatic N) is 1. The fraction of sp³-hybridized carbons (Fsp3) is 0.269. The molecule has 0 saturated heterocycles. The summed E-state index contributed by atoms with van der Waals surface area (Å²) >= 11 is 0. The molecule has 0 aliphatic carbocycles. The van der Waals surface area contributed by atoms with Crippen LogP contribution in [0.25, 0.3) is 0 Å². The average molecular weight is 467 g/mol. The number of ether oxygens (including phenoxy) is 1. The maximum atomic E-state index is 13.4. The van der Waals surface area contributed by atoms with E-state index in [2.05, 4.69) is 5.32 Å². The largest absolute Gasteiger partial charge is 0.491 e. The fourth-order valence-corrected chi connectivity index (χ4v) is 4.67. The van der Waals surface area contributed by atoms with Gasteiger partial charge in [-0.05, 0) is 69.7 Å². The second-order valence-electron chi connectivity index (χ2n) is 8.25. The molecule has 0 aromatic heterocycles. The molecule has 3 aromatic carbocycles. The van der Waals surface area contributed by atoms with E-state index >= 15 is 0 Å². The number of hydrogen-bond donors (Lipinski definition) is 1. The minimum atomic E-state index is -3.93. The standard InChI is InChI=1S/C26H30N2O4S/c1-19(2)32-24-7-5-6-22(16-24)17-27-26(29)18-28(23-12-8-20(3)9-13-23)33(30,31)25-14-10-21(4)11-15-25/h5-16,19H,17-18H2,1-4H3,(H,27,29). The molecule has 0 fully saturated rings. The van der Waals surface area contributed by atoms with Gasteiger partial charge in [0.1, 0.15) is 12.3 Å². The van der Waals surface area contributed by atoms with Crippen LogP contribution >= 0.6 is 0 Å². The van der Waals surface area contributed by atoms with Gasteiger partial charge in [0.15, 0.2) is 0 Å². The van der Waals surface area contributed by atoms with Crippen LogP contribution in [0.1, 0.15) is 30.5 Å². The minimum Gasteiger partial charge on any atom is -0.491 e. The van der Waals surface area contributed by atoms with Crippen molar-refractivity contribution in [2.75, 3.05) is 10.8 Å². The summed E-state index contributed by atoms with van der Waals surface area (Å²) < 4.78 is 33.7. The number of nitrogens with one attached hydrogen (secondary N) is 1. The number of benzene rings is 3. The van der Waals surface area contributed by atoms with Crippen LogP contribution in [0.15, 0.2) is 77.7 Å². The molecule has 0 aliphatic heterocycles. The number of amides is 1. The normalized spacial score (nSPS) is 11.3. The van der Waals surface area contributed by atoms with Crippen LogP contribution in [-0.2, 0) is 21.4 Å². The molecule has 0 bridgehead atoms. The summed E-state index contributed by atoms with van der Waals surface area (Å²) in [5, 5.41) is 2.82. The summed E-state index contributed by atoms with van der Waals surface area (Å²) in [7, 11) is -3.93. The first-order valence-corrected chi connectivity index (χ1v) is 12.3. The fourth-order valence-electron chi connectivity index (χ4n) is 3.25. The lowest BCUT2D eigenvalue weighted by molar-refractivity contribution is -0.119. The van der Waals surface area contributed by atoms with Crippen LogP contribution in [0.3, 0.4) is 0 Å². The highest BCUT2D eigenvalue weighted by Gasteiger charge is 2.27. The summed E-state index contributed by atoms with van der Waals surface area (Å²) in [6.07, 6.45) is 0.0462. The van der Waals surface area contributed by atoms with Gasteiger partial charge in [0, 0.05) is 6.54 Å². The van der Waals surface area contributed by atoms with E-state index in [1.165, 1.54) is 0 Å². The Hall–Kier alpha value is -3.32. The van der Waals surface area contributed by atoms with Crippen LogP contribution in [0, 0.1) is 13.8 Å². The first-order valence-electron chi connectivity index (χ1n) is 10.8. The van der Waals surface area contributed by atoms with Crippen LogP contribution in [-0.4, -0.2) is 27.0 Å². The maximum absolute atomic E-state index is 13.4. The Bertz CT molecular complexity index is 1190. The molecule has 33 heavy (non-hydrogen) atoms. The molecular formula is C26H30N2O4S. The van der Waals surface area contributed by atoms with Gasteiger partial charge < -0.3 is 10.1 Å². The quantitative estimate of drug-likeness (QED) is 0.500. The van der Waals surface area contributed by atoms with E-state index in [0.717, 1.165) is 26.7 Å². The average Bonchev–Trinajstić information content (AvgIpc) is 2.77. The van der Waals surface area contributed by atoms with Crippen molar-refractivity contribution in [1.82, 2.24) is 5.32 Å². The topological polar surface area (TPSA) is 75.7 Å². The highest BCUT2D eigenvalue weighted by molar-refractivity contribution is 7.92. The second kappa shape index (κ2) is 10.5. The number of aryl methyl sites for hydroxylation is 2. The van der Waals surface area contributed by atoms with Gasteiger partial charge in [-0.15, -0.1) is 0 Å². The maximum Gasteiger partial charge on any atom is 0.264 e. The van der Waals surface area contributed by atoms with Crippen LogP contribution in [0.4, 0.5) is 5.69 Å². The zero-order valence-electron chi connectivity index (χ0n) is 19.4. The molecule has 0 heterocycles. The molecular weight excluding hydrogens is 436 g/mol. The first-order chi connectivity index (χ1) is 15.6. The smallest absolute Gasteiger partial charge is 0.264 e. The number of carbonyl (C=O) groups is 1. The van der Waals surface area contributed by atoms with E-state index in [4.69, 9.17) is 4.74 Å². The molecule has 0 aliphatic rings. The molecule has 0 radical (unpaired) electrons. The van der Waals surface area contributed by atoms with Gasteiger partial charge in [0.05, 0.1) is 16.7 Å². The SMILES string of the molecule is Cc1ccc(N(CC(=O)NCc2cccc(OC(C)C)c2)S(=O)(=O)c2ccc(C)cc2)cc1. The van der Waals surface area contributed by atoms with Crippen molar-refractivity contribution in [3.05, 3.63) is 89.5 Å². The summed E-state index contributed by atoms with van der Waals surface area (Å²) in [5.41, 5.74) is 3.25. The molecule has 7 heteroatoms. The van der Waals surface area contributed by atoms with Crippen molar-refractivity contribution in [2.45, 2.75) is 45.2 Å². The van der Waals surface area contributed by atoms with E-state index in [9.17, 15) is 13.2 Å². The highest BCUT2D eigenvalue weighted by Crippen LogP contribution is 2.24. The zero-order valence-corrected chi connectivity index (χ0v) is 20.2. The van der Waals surface area contributed by atoms with Crippen molar-refractivity contribution in [3.8, 4) is 5.75 Å². The highest BCUT2D eigenvalue weighted by atomic mass is 32.2. The molecule has 1 N–H and O–H groups in total. The van der Waals surface area contributed by atoms with Gasteiger partial charge >= 0.3 is 0 Å². The van der Waals surface area contributed by atoms with Crippen LogP contribution in [0.5, 0.6) is 5.75 Å². The van der Waals surface area contributed by atoms with Gasteiger partial charge in [-0.3, -0.25) is 9.10 Å². The summed E-state index contributed by atoms with van der Waals surface area (Å²) in [5.74, 6) is 0.321. The van der Waals surface area contributed by atoms with Gasteiger partial charge in [-0.1, -0.05) is 47.5 Å². The summed E-state index contributed by atoms with van der Waals surface area (Å²) in [6, 6.07) is 21.1.